The minimum Gasteiger partial charge on any atom is -0.299 e. The summed E-state index contributed by atoms with van der Waals surface area (Å²) in [5.41, 5.74) is 3.48. The van der Waals surface area contributed by atoms with Gasteiger partial charge in [0.05, 0.1) is 12.1 Å². The molecule has 2 atom stereocenters. The molecule has 0 N–H and O–H groups in total. The molecule has 0 spiro atoms. The lowest BCUT2D eigenvalue weighted by molar-refractivity contribution is -0.119. The average molecular weight is 407 g/mol. The normalized spacial score (nSPS) is 17.4. The van der Waals surface area contributed by atoms with Crippen LogP contribution in [0.1, 0.15) is 39.5 Å². The summed E-state index contributed by atoms with van der Waals surface area (Å²) >= 11 is 0. The Hall–Kier alpha value is -3.73. The van der Waals surface area contributed by atoms with E-state index in [4.69, 9.17) is 0 Å². The molecule has 0 amide bonds. The number of fused-ring (bicyclic) bond motifs is 1. The third-order valence-electron chi connectivity index (χ3n) is 5.92. The van der Waals surface area contributed by atoms with Gasteiger partial charge in [-0.05, 0) is 47.1 Å². The predicted octanol–water partition coefficient (Wildman–Crippen LogP) is 4.37. The Bertz CT molecular complexity index is 1250. The van der Waals surface area contributed by atoms with Crippen LogP contribution in [0.25, 0.3) is 10.8 Å². The van der Waals surface area contributed by atoms with E-state index in [1.54, 1.807) is 24.5 Å². The van der Waals surface area contributed by atoms with Crippen molar-refractivity contribution in [2.75, 3.05) is 0 Å². The van der Waals surface area contributed by atoms with E-state index in [0.29, 0.717) is 17.7 Å². The summed E-state index contributed by atoms with van der Waals surface area (Å²) in [5, 5.41) is 9.97. The van der Waals surface area contributed by atoms with Crippen molar-refractivity contribution in [3.05, 3.63) is 102 Å². The second-order valence-corrected chi connectivity index (χ2v) is 8.09. The van der Waals surface area contributed by atoms with E-state index in [1.807, 2.05) is 48.7 Å². The van der Waals surface area contributed by atoms with Gasteiger partial charge in [-0.15, -0.1) is 0 Å². The number of carbonyl (C=O) groups excluding carboxylic acids is 2. The van der Waals surface area contributed by atoms with E-state index < -0.39 is 0 Å². The fourth-order valence-electron chi connectivity index (χ4n) is 4.10. The summed E-state index contributed by atoms with van der Waals surface area (Å²) in [6, 6.07) is 19.3. The van der Waals surface area contributed by atoms with Crippen molar-refractivity contribution >= 4 is 22.3 Å². The molecule has 2 aromatic carbocycles. The lowest BCUT2D eigenvalue weighted by Crippen LogP contribution is -2.07. The second kappa shape index (κ2) is 8.19. The van der Waals surface area contributed by atoms with E-state index in [9.17, 15) is 9.59 Å². The first-order valence-electron chi connectivity index (χ1n) is 10.4. The number of ketones is 2. The molecule has 1 aliphatic carbocycles. The Morgan fingerprint density at radius 2 is 1.77 bits per heavy atom. The van der Waals surface area contributed by atoms with E-state index in [1.165, 1.54) is 0 Å². The quantitative estimate of drug-likeness (QED) is 0.426. The van der Waals surface area contributed by atoms with Crippen LogP contribution in [0.15, 0.2) is 79.3 Å². The Labute approximate surface area is 180 Å². The molecule has 5 heteroatoms. The lowest BCUT2D eigenvalue weighted by atomic mass is 9.99. The minimum absolute atomic E-state index is 0.0157. The topological polar surface area (TPSA) is 72.8 Å². The van der Waals surface area contributed by atoms with Gasteiger partial charge >= 0.3 is 0 Å². The Balaban J connectivity index is 1.21. The van der Waals surface area contributed by atoms with Gasteiger partial charge in [0.15, 0.2) is 5.78 Å². The fraction of sp³-hybridized carbons (Fsp3) is 0.192. The molecule has 5 rings (SSSR count). The molecular weight excluding hydrogens is 386 g/mol. The highest BCUT2D eigenvalue weighted by Crippen LogP contribution is 2.48. The SMILES string of the molecule is O=C(Cc1cccnn1)c1ccc(C2C[C@H]2C(=O)Cc2ccc3cnccc3c2)cc1. The van der Waals surface area contributed by atoms with Crippen LogP contribution in [0.5, 0.6) is 0 Å². The molecule has 31 heavy (non-hydrogen) atoms. The van der Waals surface area contributed by atoms with Crippen LogP contribution < -0.4 is 0 Å². The zero-order chi connectivity index (χ0) is 21.2. The molecule has 4 aromatic rings. The maximum Gasteiger partial charge on any atom is 0.168 e. The number of hydrogen-bond donors (Lipinski definition) is 0. The number of hydrogen-bond acceptors (Lipinski definition) is 5. The smallest absolute Gasteiger partial charge is 0.168 e. The molecule has 1 unspecified atom stereocenters. The van der Waals surface area contributed by atoms with Crippen LogP contribution in [0.3, 0.4) is 0 Å². The van der Waals surface area contributed by atoms with Crippen molar-refractivity contribution in [2.24, 2.45) is 5.92 Å². The third kappa shape index (κ3) is 4.26. The second-order valence-electron chi connectivity index (χ2n) is 8.09. The van der Waals surface area contributed by atoms with Gasteiger partial charge in [-0.3, -0.25) is 14.6 Å². The summed E-state index contributed by atoms with van der Waals surface area (Å²) in [6.45, 7) is 0. The van der Waals surface area contributed by atoms with Gasteiger partial charge in [0, 0.05) is 41.9 Å². The van der Waals surface area contributed by atoms with Crippen molar-refractivity contribution in [2.45, 2.75) is 25.2 Å². The van der Waals surface area contributed by atoms with Gasteiger partial charge in [-0.2, -0.15) is 10.2 Å². The fourth-order valence-corrected chi connectivity index (χ4v) is 4.10. The first kappa shape index (κ1) is 19.2. The summed E-state index contributed by atoms with van der Waals surface area (Å²) < 4.78 is 0. The number of carbonyl (C=O) groups is 2. The van der Waals surface area contributed by atoms with Gasteiger partial charge in [0.25, 0.3) is 0 Å². The molecule has 2 heterocycles. The molecule has 0 saturated heterocycles. The zero-order valence-corrected chi connectivity index (χ0v) is 16.9. The van der Waals surface area contributed by atoms with Crippen LogP contribution in [0.2, 0.25) is 0 Å². The van der Waals surface area contributed by atoms with Crippen molar-refractivity contribution < 1.29 is 9.59 Å². The highest BCUT2D eigenvalue weighted by atomic mass is 16.1. The molecule has 0 bridgehead atoms. The van der Waals surface area contributed by atoms with Gasteiger partial charge in [-0.25, -0.2) is 0 Å². The van der Waals surface area contributed by atoms with Gasteiger partial charge in [0.2, 0.25) is 0 Å². The molecule has 0 radical (unpaired) electrons. The van der Waals surface area contributed by atoms with E-state index in [-0.39, 0.29) is 29.8 Å². The number of rotatable bonds is 7. The Morgan fingerprint density at radius 1 is 0.903 bits per heavy atom. The standard InChI is InChI=1S/C26H21N3O2/c30-25(14-22-2-1-10-28-29-22)19-7-5-18(6-8-19)23-15-24(23)26(31)13-17-3-4-21-16-27-11-9-20(21)12-17/h1-12,16,23-24H,13-15H2/t23?,24-/m1/s1. The van der Waals surface area contributed by atoms with Crippen molar-refractivity contribution in [3.63, 3.8) is 0 Å². The lowest BCUT2D eigenvalue weighted by Gasteiger charge is -2.05. The average Bonchev–Trinajstić information content (AvgIpc) is 3.61. The first-order chi connectivity index (χ1) is 15.2. The van der Waals surface area contributed by atoms with Crippen molar-refractivity contribution in [1.82, 2.24) is 15.2 Å². The van der Waals surface area contributed by atoms with Crippen molar-refractivity contribution in [1.29, 1.82) is 0 Å². The van der Waals surface area contributed by atoms with Crippen LogP contribution in [-0.4, -0.2) is 26.7 Å². The number of pyridine rings is 1. The monoisotopic (exact) mass is 407 g/mol. The van der Waals surface area contributed by atoms with Crippen LogP contribution >= 0.6 is 0 Å². The maximum absolute atomic E-state index is 12.8. The predicted molar refractivity (Wildman–Crippen MR) is 118 cm³/mol. The van der Waals surface area contributed by atoms with E-state index in [2.05, 4.69) is 21.2 Å². The van der Waals surface area contributed by atoms with Crippen LogP contribution in [-0.2, 0) is 17.6 Å². The largest absolute Gasteiger partial charge is 0.299 e. The maximum atomic E-state index is 12.8. The number of benzene rings is 2. The molecule has 152 valence electrons. The highest BCUT2D eigenvalue weighted by molar-refractivity contribution is 5.97. The van der Waals surface area contributed by atoms with Crippen LogP contribution in [0, 0.1) is 5.92 Å². The van der Waals surface area contributed by atoms with E-state index in [0.717, 1.165) is 28.3 Å². The number of nitrogens with zero attached hydrogens (tertiary/aromatic N) is 3. The Kier molecular flexibility index (Phi) is 5.08. The van der Waals surface area contributed by atoms with Gasteiger partial charge < -0.3 is 0 Å². The molecule has 1 saturated carbocycles. The van der Waals surface area contributed by atoms with Gasteiger partial charge in [-0.1, -0.05) is 42.5 Å². The summed E-state index contributed by atoms with van der Waals surface area (Å²) in [6.07, 6.45) is 6.76. The molecule has 0 aliphatic heterocycles. The number of aromatic nitrogens is 3. The molecule has 1 fully saturated rings. The Morgan fingerprint density at radius 3 is 2.58 bits per heavy atom. The van der Waals surface area contributed by atoms with Crippen molar-refractivity contribution in [3.8, 4) is 0 Å². The highest BCUT2D eigenvalue weighted by Gasteiger charge is 2.43. The zero-order valence-electron chi connectivity index (χ0n) is 16.9. The first-order valence-corrected chi connectivity index (χ1v) is 10.4. The molecule has 2 aromatic heterocycles. The summed E-state index contributed by atoms with van der Waals surface area (Å²) in [7, 11) is 0. The molecule has 5 nitrogen and oxygen atoms in total. The molecule has 1 aliphatic rings. The third-order valence-corrected chi connectivity index (χ3v) is 5.92. The molecular formula is C26H21N3O2. The number of Topliss-reactive ketones (excluding diaryl/α,β-unsaturated/α-hetero) is 2. The summed E-state index contributed by atoms with van der Waals surface area (Å²) in [5.74, 6) is 0.610. The van der Waals surface area contributed by atoms with Gasteiger partial charge in [0.1, 0.15) is 5.78 Å². The summed E-state index contributed by atoms with van der Waals surface area (Å²) in [4.78, 5) is 29.4. The van der Waals surface area contributed by atoms with E-state index >= 15 is 0 Å². The van der Waals surface area contributed by atoms with Crippen LogP contribution in [0.4, 0.5) is 0 Å². The minimum atomic E-state index is 0.0157.